The average molecular weight is 253 g/mol. The van der Waals surface area contributed by atoms with Crippen LogP contribution in [0.15, 0.2) is 22.7 Å². The molecule has 0 N–H and O–H groups in total. The second-order valence-electron chi connectivity index (χ2n) is 2.64. The summed E-state index contributed by atoms with van der Waals surface area (Å²) in [4.78, 5) is 10.7. The maximum absolute atomic E-state index is 10.7. The molecule has 0 fully saturated rings. The highest BCUT2D eigenvalue weighted by molar-refractivity contribution is 9.10. The van der Waals surface area contributed by atoms with E-state index in [1.54, 1.807) is 13.2 Å². The molecule has 0 aliphatic rings. The highest BCUT2D eigenvalue weighted by Crippen LogP contribution is 2.32. The zero-order chi connectivity index (χ0) is 10.6. The van der Waals surface area contributed by atoms with Gasteiger partial charge in [-0.2, -0.15) is 0 Å². The van der Waals surface area contributed by atoms with Crippen LogP contribution in [0.5, 0.6) is 5.75 Å². The third-order valence-electron chi connectivity index (χ3n) is 1.86. The van der Waals surface area contributed by atoms with Crippen LogP contribution in [-0.4, -0.2) is 13.4 Å². The molecular formula is C11H9BrO2. The summed E-state index contributed by atoms with van der Waals surface area (Å²) in [7, 11) is 1.55. The summed E-state index contributed by atoms with van der Waals surface area (Å²) >= 11 is 3.34. The first-order valence-electron chi connectivity index (χ1n) is 3.98. The number of rotatable bonds is 3. The van der Waals surface area contributed by atoms with Crippen molar-refractivity contribution in [2.75, 3.05) is 7.11 Å². The quantitative estimate of drug-likeness (QED) is 0.610. The first-order chi connectivity index (χ1) is 6.74. The van der Waals surface area contributed by atoms with Crippen LogP contribution >= 0.6 is 15.9 Å². The van der Waals surface area contributed by atoms with Gasteiger partial charge in [-0.05, 0) is 12.1 Å². The summed E-state index contributed by atoms with van der Waals surface area (Å²) in [5.41, 5.74) is 0.701. The Balaban J connectivity index is 3.30. The van der Waals surface area contributed by atoms with Crippen molar-refractivity contribution in [2.24, 2.45) is 0 Å². The summed E-state index contributed by atoms with van der Waals surface area (Å²) in [6.07, 6.45) is 5.97. The van der Waals surface area contributed by atoms with E-state index in [0.29, 0.717) is 11.3 Å². The van der Waals surface area contributed by atoms with Gasteiger partial charge in [0.05, 0.1) is 7.11 Å². The largest absolute Gasteiger partial charge is 0.496 e. The minimum Gasteiger partial charge on any atom is -0.496 e. The third-order valence-corrected chi connectivity index (χ3v) is 2.55. The molecule has 0 bridgehead atoms. The molecule has 1 aromatic carbocycles. The van der Waals surface area contributed by atoms with Gasteiger partial charge in [-0.1, -0.05) is 27.9 Å². The second kappa shape index (κ2) is 4.83. The zero-order valence-corrected chi connectivity index (χ0v) is 9.24. The number of ether oxygens (including phenoxy) is 1. The third kappa shape index (κ3) is 1.97. The van der Waals surface area contributed by atoms with E-state index in [-0.39, 0.29) is 0 Å². The Bertz CT molecular complexity index is 379. The zero-order valence-electron chi connectivity index (χ0n) is 7.66. The van der Waals surface area contributed by atoms with Crippen molar-refractivity contribution in [3.63, 3.8) is 0 Å². The minimum absolute atomic E-state index is 0.569. The van der Waals surface area contributed by atoms with Gasteiger partial charge in [0.15, 0.2) is 0 Å². The predicted molar refractivity (Wildman–Crippen MR) is 58.3 cm³/mol. The number of carbonyl (C=O) groups excluding carboxylic acids is 1. The molecule has 0 saturated carbocycles. The molecule has 2 nitrogen and oxygen atoms in total. The lowest BCUT2D eigenvalue weighted by Crippen LogP contribution is -2.01. The number of aldehydes is 1. The van der Waals surface area contributed by atoms with Crippen molar-refractivity contribution in [2.45, 2.75) is 5.92 Å². The highest BCUT2D eigenvalue weighted by Gasteiger charge is 2.15. The molecule has 1 rings (SSSR count). The van der Waals surface area contributed by atoms with E-state index in [4.69, 9.17) is 11.2 Å². The van der Waals surface area contributed by atoms with Crippen molar-refractivity contribution in [1.82, 2.24) is 0 Å². The van der Waals surface area contributed by atoms with E-state index in [1.807, 2.05) is 12.1 Å². The predicted octanol–water partition coefficient (Wildman–Crippen LogP) is 2.37. The molecule has 0 aliphatic heterocycles. The molecule has 0 saturated heterocycles. The van der Waals surface area contributed by atoms with Gasteiger partial charge in [0, 0.05) is 10.0 Å². The SMILES string of the molecule is C#C[C@H](C=O)c1c(Br)cccc1OC. The fourth-order valence-electron chi connectivity index (χ4n) is 1.19. The lowest BCUT2D eigenvalue weighted by molar-refractivity contribution is -0.108. The van der Waals surface area contributed by atoms with Crippen molar-refractivity contribution in [3.8, 4) is 18.1 Å². The highest BCUT2D eigenvalue weighted by atomic mass is 79.9. The number of terminal acetylenes is 1. The number of benzene rings is 1. The molecule has 1 aromatic rings. The molecule has 0 spiro atoms. The molecule has 0 aliphatic carbocycles. The number of hydrogen-bond donors (Lipinski definition) is 0. The summed E-state index contributed by atoms with van der Waals surface area (Å²) in [6.45, 7) is 0. The Kier molecular flexibility index (Phi) is 3.73. The molecule has 0 radical (unpaired) electrons. The number of carbonyl (C=O) groups is 1. The van der Waals surface area contributed by atoms with E-state index >= 15 is 0 Å². The average Bonchev–Trinajstić information content (AvgIpc) is 2.22. The van der Waals surface area contributed by atoms with Crippen LogP contribution in [0.1, 0.15) is 11.5 Å². The summed E-state index contributed by atoms with van der Waals surface area (Å²) in [6, 6.07) is 5.42. The second-order valence-corrected chi connectivity index (χ2v) is 3.49. The van der Waals surface area contributed by atoms with Gasteiger partial charge in [0.2, 0.25) is 0 Å². The molecular weight excluding hydrogens is 244 g/mol. The van der Waals surface area contributed by atoms with Crippen molar-refractivity contribution >= 4 is 22.2 Å². The van der Waals surface area contributed by atoms with E-state index < -0.39 is 5.92 Å². The van der Waals surface area contributed by atoms with Gasteiger partial charge in [0.25, 0.3) is 0 Å². The van der Waals surface area contributed by atoms with E-state index in [1.165, 1.54) is 0 Å². The van der Waals surface area contributed by atoms with E-state index in [9.17, 15) is 4.79 Å². The standard InChI is InChI=1S/C11H9BrO2/c1-3-8(7-13)11-9(12)5-4-6-10(11)14-2/h1,4-8H,2H3/t8-/m1/s1. The molecule has 72 valence electrons. The Morgan fingerprint density at radius 1 is 1.64 bits per heavy atom. The van der Waals surface area contributed by atoms with Crippen LogP contribution in [0.4, 0.5) is 0 Å². The summed E-state index contributed by atoms with van der Waals surface area (Å²) in [5.74, 6) is 2.46. The van der Waals surface area contributed by atoms with E-state index in [2.05, 4.69) is 21.9 Å². The van der Waals surface area contributed by atoms with Crippen LogP contribution in [0.25, 0.3) is 0 Å². The first kappa shape index (κ1) is 10.8. The topological polar surface area (TPSA) is 26.3 Å². The smallest absolute Gasteiger partial charge is 0.139 e. The maximum Gasteiger partial charge on any atom is 0.139 e. The molecule has 0 amide bonds. The van der Waals surface area contributed by atoms with Crippen LogP contribution in [0.2, 0.25) is 0 Å². The van der Waals surface area contributed by atoms with Crippen molar-refractivity contribution < 1.29 is 9.53 Å². The Morgan fingerprint density at radius 2 is 2.36 bits per heavy atom. The van der Waals surface area contributed by atoms with Crippen LogP contribution in [0, 0.1) is 12.3 Å². The normalized spacial score (nSPS) is 11.5. The van der Waals surface area contributed by atoms with Gasteiger partial charge < -0.3 is 9.53 Å². The van der Waals surface area contributed by atoms with Crippen molar-refractivity contribution in [1.29, 1.82) is 0 Å². The molecule has 14 heavy (non-hydrogen) atoms. The van der Waals surface area contributed by atoms with Gasteiger partial charge in [-0.25, -0.2) is 0 Å². The van der Waals surface area contributed by atoms with Crippen molar-refractivity contribution in [3.05, 3.63) is 28.2 Å². The lowest BCUT2D eigenvalue weighted by Gasteiger charge is -2.11. The lowest BCUT2D eigenvalue weighted by atomic mass is 10.0. The summed E-state index contributed by atoms with van der Waals surface area (Å²) in [5, 5.41) is 0. The number of hydrogen-bond acceptors (Lipinski definition) is 2. The number of methoxy groups -OCH3 is 1. The molecule has 1 atom stereocenters. The first-order valence-corrected chi connectivity index (χ1v) is 4.77. The van der Waals surface area contributed by atoms with Gasteiger partial charge in [0.1, 0.15) is 18.0 Å². The van der Waals surface area contributed by atoms with Crippen LogP contribution in [-0.2, 0) is 4.79 Å². The summed E-state index contributed by atoms with van der Waals surface area (Å²) < 4.78 is 5.91. The molecule has 0 aromatic heterocycles. The monoisotopic (exact) mass is 252 g/mol. The number of halogens is 1. The molecule has 3 heteroatoms. The van der Waals surface area contributed by atoms with Gasteiger partial charge >= 0.3 is 0 Å². The molecule has 0 heterocycles. The van der Waals surface area contributed by atoms with Gasteiger partial charge in [-0.3, -0.25) is 0 Å². The molecule has 0 unspecified atom stereocenters. The Hall–Kier alpha value is -1.27. The fourth-order valence-corrected chi connectivity index (χ4v) is 1.78. The Morgan fingerprint density at radius 3 is 2.86 bits per heavy atom. The maximum atomic E-state index is 10.7. The van der Waals surface area contributed by atoms with E-state index in [0.717, 1.165) is 10.8 Å². The fraction of sp³-hybridized carbons (Fsp3) is 0.182. The van der Waals surface area contributed by atoms with Crippen LogP contribution in [0.3, 0.4) is 0 Å². The van der Waals surface area contributed by atoms with Crippen LogP contribution < -0.4 is 4.74 Å². The minimum atomic E-state index is -0.569. The Labute approximate surface area is 91.4 Å². The van der Waals surface area contributed by atoms with Gasteiger partial charge in [-0.15, -0.1) is 6.42 Å².